The molecule has 1 aliphatic heterocycles. The third-order valence-electron chi connectivity index (χ3n) is 4.13. The van der Waals surface area contributed by atoms with E-state index in [2.05, 4.69) is 61.3 Å². The Balaban J connectivity index is 1.66. The van der Waals surface area contributed by atoms with Crippen LogP contribution >= 0.6 is 0 Å². The first-order chi connectivity index (χ1) is 9.05. The van der Waals surface area contributed by atoms with Crippen LogP contribution in [0.3, 0.4) is 0 Å². The Kier molecular flexibility index (Phi) is 5.00. The summed E-state index contributed by atoms with van der Waals surface area (Å²) >= 11 is 0. The summed E-state index contributed by atoms with van der Waals surface area (Å²) < 4.78 is 0. The fourth-order valence-electron chi connectivity index (χ4n) is 2.82. The molecule has 1 fully saturated rings. The Morgan fingerprint density at radius 2 is 1.74 bits per heavy atom. The van der Waals surface area contributed by atoms with Crippen molar-refractivity contribution in [2.24, 2.45) is 0 Å². The normalized spacial score (nSPS) is 18.7. The standard InChI is InChI=1S/C17H28N2/c1-17(2,3)19-13-10-16(11-14-19)18-12-9-15-7-5-4-6-8-15/h4-8,16,18H,9-14H2,1-3H3. The third kappa shape index (κ3) is 4.63. The predicted octanol–water partition coefficient (Wildman–Crippen LogP) is 3.08. The van der Waals surface area contributed by atoms with Gasteiger partial charge in [-0.25, -0.2) is 0 Å². The first-order valence-electron chi connectivity index (χ1n) is 7.58. The molecule has 0 amide bonds. The summed E-state index contributed by atoms with van der Waals surface area (Å²) in [7, 11) is 0. The van der Waals surface area contributed by atoms with Crippen LogP contribution in [0.15, 0.2) is 30.3 Å². The van der Waals surface area contributed by atoms with Crippen molar-refractivity contribution in [3.63, 3.8) is 0 Å². The van der Waals surface area contributed by atoms with Crippen LogP contribution in [0, 0.1) is 0 Å². The molecule has 0 radical (unpaired) electrons. The fraction of sp³-hybridized carbons (Fsp3) is 0.647. The molecule has 0 atom stereocenters. The van der Waals surface area contributed by atoms with Crippen molar-refractivity contribution < 1.29 is 0 Å². The number of piperidine rings is 1. The van der Waals surface area contributed by atoms with Crippen molar-refractivity contribution in [3.8, 4) is 0 Å². The van der Waals surface area contributed by atoms with Crippen LogP contribution in [0.2, 0.25) is 0 Å². The van der Waals surface area contributed by atoms with E-state index in [9.17, 15) is 0 Å². The summed E-state index contributed by atoms with van der Waals surface area (Å²) in [4.78, 5) is 2.60. The molecule has 0 spiro atoms. The number of hydrogen-bond acceptors (Lipinski definition) is 2. The molecule has 1 aromatic carbocycles. The van der Waals surface area contributed by atoms with Gasteiger partial charge in [-0.05, 0) is 52.1 Å². The Hall–Kier alpha value is -0.860. The Labute approximate surface area is 118 Å². The molecule has 0 aliphatic carbocycles. The Morgan fingerprint density at radius 3 is 2.32 bits per heavy atom. The lowest BCUT2D eigenvalue weighted by Crippen LogP contribution is -2.50. The zero-order valence-corrected chi connectivity index (χ0v) is 12.7. The highest BCUT2D eigenvalue weighted by Gasteiger charge is 2.26. The van der Waals surface area contributed by atoms with Gasteiger partial charge in [0, 0.05) is 24.7 Å². The van der Waals surface area contributed by atoms with E-state index in [1.807, 2.05) is 0 Å². The lowest BCUT2D eigenvalue weighted by Gasteiger charge is -2.41. The molecular weight excluding hydrogens is 232 g/mol. The number of nitrogens with zero attached hydrogens (tertiary/aromatic N) is 1. The second-order valence-corrected chi connectivity index (χ2v) is 6.62. The molecule has 0 bridgehead atoms. The molecule has 0 aromatic heterocycles. The molecule has 2 heteroatoms. The van der Waals surface area contributed by atoms with Gasteiger partial charge in [-0.2, -0.15) is 0 Å². The van der Waals surface area contributed by atoms with E-state index in [4.69, 9.17) is 0 Å². The number of benzene rings is 1. The number of nitrogens with one attached hydrogen (secondary N) is 1. The zero-order chi connectivity index (χ0) is 13.7. The summed E-state index contributed by atoms with van der Waals surface area (Å²) in [5.74, 6) is 0. The number of hydrogen-bond donors (Lipinski definition) is 1. The molecule has 1 aliphatic rings. The third-order valence-corrected chi connectivity index (χ3v) is 4.13. The highest BCUT2D eigenvalue weighted by atomic mass is 15.2. The first-order valence-corrected chi connectivity index (χ1v) is 7.58. The minimum Gasteiger partial charge on any atom is -0.314 e. The summed E-state index contributed by atoms with van der Waals surface area (Å²) in [5.41, 5.74) is 1.76. The summed E-state index contributed by atoms with van der Waals surface area (Å²) in [5, 5.41) is 3.72. The van der Waals surface area contributed by atoms with E-state index in [-0.39, 0.29) is 0 Å². The Bertz CT molecular complexity index is 359. The molecular formula is C17H28N2. The van der Waals surface area contributed by atoms with Gasteiger partial charge in [0.05, 0.1) is 0 Å². The van der Waals surface area contributed by atoms with Crippen molar-refractivity contribution in [3.05, 3.63) is 35.9 Å². The van der Waals surface area contributed by atoms with Crippen LogP contribution in [0.25, 0.3) is 0 Å². The molecule has 1 heterocycles. The molecule has 0 unspecified atom stereocenters. The second kappa shape index (κ2) is 6.53. The minimum absolute atomic E-state index is 0.328. The number of likely N-dealkylation sites (tertiary alicyclic amines) is 1. The van der Waals surface area contributed by atoms with Crippen molar-refractivity contribution in [1.29, 1.82) is 0 Å². The van der Waals surface area contributed by atoms with Crippen molar-refractivity contribution in [1.82, 2.24) is 10.2 Å². The van der Waals surface area contributed by atoms with Crippen molar-refractivity contribution in [2.75, 3.05) is 19.6 Å². The molecule has 2 nitrogen and oxygen atoms in total. The minimum atomic E-state index is 0.328. The maximum Gasteiger partial charge on any atom is 0.0125 e. The average molecular weight is 260 g/mol. The summed E-state index contributed by atoms with van der Waals surface area (Å²) in [6.07, 6.45) is 3.71. The van der Waals surface area contributed by atoms with Gasteiger partial charge >= 0.3 is 0 Å². The van der Waals surface area contributed by atoms with Gasteiger partial charge in [-0.3, -0.25) is 4.90 Å². The largest absolute Gasteiger partial charge is 0.314 e. The SMILES string of the molecule is CC(C)(C)N1CCC(NCCc2ccccc2)CC1. The first kappa shape index (κ1) is 14.5. The molecule has 0 saturated carbocycles. The molecule has 1 saturated heterocycles. The van der Waals surface area contributed by atoms with Crippen LogP contribution < -0.4 is 5.32 Å². The van der Waals surface area contributed by atoms with Crippen molar-refractivity contribution >= 4 is 0 Å². The van der Waals surface area contributed by atoms with Gasteiger partial charge < -0.3 is 5.32 Å². The predicted molar refractivity (Wildman–Crippen MR) is 82.5 cm³/mol. The van der Waals surface area contributed by atoms with E-state index in [0.717, 1.165) is 13.0 Å². The quantitative estimate of drug-likeness (QED) is 0.895. The van der Waals surface area contributed by atoms with E-state index in [1.165, 1.54) is 31.5 Å². The maximum absolute atomic E-state index is 3.72. The monoisotopic (exact) mass is 260 g/mol. The van der Waals surface area contributed by atoms with Gasteiger partial charge in [0.2, 0.25) is 0 Å². The van der Waals surface area contributed by atoms with E-state index < -0.39 is 0 Å². The van der Waals surface area contributed by atoms with Gasteiger partial charge in [0.25, 0.3) is 0 Å². The van der Waals surface area contributed by atoms with Crippen LogP contribution in [0.4, 0.5) is 0 Å². The highest BCUT2D eigenvalue weighted by molar-refractivity contribution is 5.14. The smallest absolute Gasteiger partial charge is 0.0125 e. The lowest BCUT2D eigenvalue weighted by molar-refractivity contribution is 0.0965. The van der Waals surface area contributed by atoms with Crippen LogP contribution in [-0.2, 0) is 6.42 Å². The topological polar surface area (TPSA) is 15.3 Å². The highest BCUT2D eigenvalue weighted by Crippen LogP contribution is 2.19. The van der Waals surface area contributed by atoms with Gasteiger partial charge in [0.1, 0.15) is 0 Å². The maximum atomic E-state index is 3.72. The van der Waals surface area contributed by atoms with E-state index in [0.29, 0.717) is 11.6 Å². The fourth-order valence-corrected chi connectivity index (χ4v) is 2.82. The molecule has 1 aromatic rings. The number of rotatable bonds is 4. The molecule has 2 rings (SSSR count). The summed E-state index contributed by atoms with van der Waals surface area (Å²) in [6.45, 7) is 10.5. The van der Waals surface area contributed by atoms with E-state index >= 15 is 0 Å². The second-order valence-electron chi connectivity index (χ2n) is 6.62. The van der Waals surface area contributed by atoms with Crippen molar-refractivity contribution in [2.45, 2.75) is 51.6 Å². The van der Waals surface area contributed by atoms with E-state index in [1.54, 1.807) is 0 Å². The van der Waals surface area contributed by atoms with Gasteiger partial charge in [-0.1, -0.05) is 30.3 Å². The lowest BCUT2D eigenvalue weighted by atomic mass is 9.98. The zero-order valence-electron chi connectivity index (χ0n) is 12.7. The van der Waals surface area contributed by atoms with Crippen LogP contribution in [-0.4, -0.2) is 36.1 Å². The van der Waals surface area contributed by atoms with Crippen LogP contribution in [0.1, 0.15) is 39.2 Å². The molecule has 19 heavy (non-hydrogen) atoms. The summed E-state index contributed by atoms with van der Waals surface area (Å²) in [6, 6.07) is 11.5. The average Bonchev–Trinajstić information content (AvgIpc) is 2.39. The van der Waals surface area contributed by atoms with Gasteiger partial charge in [0.15, 0.2) is 0 Å². The Morgan fingerprint density at radius 1 is 1.11 bits per heavy atom. The van der Waals surface area contributed by atoms with Gasteiger partial charge in [-0.15, -0.1) is 0 Å². The van der Waals surface area contributed by atoms with Crippen LogP contribution in [0.5, 0.6) is 0 Å². The molecule has 1 N–H and O–H groups in total. The molecule has 106 valence electrons.